The Morgan fingerprint density at radius 2 is 0.900 bits per heavy atom. The topological polar surface area (TPSA) is 256 Å². The van der Waals surface area contributed by atoms with Gasteiger partial charge in [-0.25, -0.2) is 18.4 Å². The molecule has 0 unspecified atom stereocenters. The molecule has 20 heteroatoms. The van der Waals surface area contributed by atoms with E-state index in [0.29, 0.717) is 98.1 Å². The molecule has 3 atom stereocenters. The van der Waals surface area contributed by atoms with Crippen LogP contribution < -0.4 is 25.7 Å². The van der Waals surface area contributed by atoms with Crippen molar-refractivity contribution in [2.75, 3.05) is 19.8 Å². The molecule has 3 aliphatic heterocycles. The number of ketones is 2. The summed E-state index contributed by atoms with van der Waals surface area (Å²) in [5.41, 5.74) is 22.7. The Bertz CT molecular complexity index is 5880. The number of benzene rings is 9. The van der Waals surface area contributed by atoms with Crippen LogP contribution in [0.15, 0.2) is 134 Å². The van der Waals surface area contributed by atoms with Crippen molar-refractivity contribution in [3.63, 3.8) is 0 Å². The van der Waals surface area contributed by atoms with Crippen molar-refractivity contribution in [3.8, 4) is 50.6 Å². The molecule has 0 saturated heterocycles. The molecular weight excluding hydrogens is 1400 g/mol. The lowest BCUT2D eigenvalue weighted by atomic mass is 9.84. The molecular formula is C90H86F2N6O12. The fraction of sp³-hybridized carbons (Fsp3) is 0.300. The number of carboxylic acids is 1. The van der Waals surface area contributed by atoms with E-state index >= 15 is 8.78 Å². The first kappa shape index (κ1) is 76.6. The molecule has 12 aromatic rings. The molecule has 5 N–H and O–H groups in total. The van der Waals surface area contributed by atoms with Crippen molar-refractivity contribution in [2.24, 2.45) is 11.5 Å². The van der Waals surface area contributed by atoms with Crippen molar-refractivity contribution in [2.45, 2.75) is 158 Å². The summed E-state index contributed by atoms with van der Waals surface area (Å²) in [6.45, 7) is 34.2. The zero-order chi connectivity index (χ0) is 78.9. The molecule has 6 heterocycles. The fourth-order valence-corrected chi connectivity index (χ4v) is 15.3. The number of pyridine rings is 3. The van der Waals surface area contributed by atoms with Gasteiger partial charge in [-0.3, -0.25) is 34.1 Å². The van der Waals surface area contributed by atoms with Crippen LogP contribution in [0.25, 0.3) is 103 Å². The Morgan fingerprint density at radius 1 is 0.509 bits per heavy atom. The Kier molecular flexibility index (Phi) is 20.7. The first-order chi connectivity index (χ1) is 52.2. The SMILES string of the molecule is CC(=O)[C@@H](OC(C)(C)C)c1c(C)c(F)c2cc(C(N)=O)ccc2c1-c1ccc2c3c(ccnc13)CCO2.CCC(C)(C)O[C@H](C(=O)O)c1c(C)cc2cc(C(N)=O)ccc2c1-c1ccc2c3c(ccnc13)CCO2.[C-]#[N+]c1ccc2c(-c3ccc4c5c(ccnc35)CCO4)c([C@H](OC(C)(C)C)C(C)=O)c(C)c(F)c2c1. The van der Waals surface area contributed by atoms with E-state index in [-0.39, 0.29) is 28.1 Å². The summed E-state index contributed by atoms with van der Waals surface area (Å²) in [6.07, 6.45) is 5.02. The van der Waals surface area contributed by atoms with Crippen LogP contribution in [0.1, 0.15) is 172 Å². The van der Waals surface area contributed by atoms with Crippen molar-refractivity contribution in [1.82, 2.24) is 15.0 Å². The lowest BCUT2D eigenvalue weighted by Crippen LogP contribution is -2.30. The molecule has 0 radical (unpaired) electrons. The Morgan fingerprint density at radius 3 is 1.28 bits per heavy atom. The number of nitrogens with zero attached hydrogens (tertiary/aromatic N) is 4. The number of ether oxygens (including phenoxy) is 6. The number of aromatic nitrogens is 3. The summed E-state index contributed by atoms with van der Waals surface area (Å²) in [6, 6.07) is 34.3. The maximum Gasteiger partial charge on any atom is 0.337 e. The maximum absolute atomic E-state index is 16.0. The quantitative estimate of drug-likeness (QED) is 0.0760. The number of aryl methyl sites for hydroxylation is 1. The second kappa shape index (κ2) is 29.7. The van der Waals surface area contributed by atoms with Gasteiger partial charge >= 0.3 is 5.97 Å². The van der Waals surface area contributed by atoms with Crippen molar-refractivity contribution < 1.29 is 66.3 Å². The average molecular weight is 1480 g/mol. The summed E-state index contributed by atoms with van der Waals surface area (Å²) in [4.78, 5) is 80.3. The number of rotatable bonds is 16. The molecule has 0 spiro atoms. The smallest absolute Gasteiger partial charge is 0.337 e. The summed E-state index contributed by atoms with van der Waals surface area (Å²) in [7, 11) is 0. The number of hydrogen-bond acceptors (Lipinski definition) is 14. The number of carboxylic acid groups (broad SMARTS) is 1. The van der Waals surface area contributed by atoms with E-state index in [2.05, 4.69) is 4.85 Å². The third kappa shape index (κ3) is 14.4. The highest BCUT2D eigenvalue weighted by Gasteiger charge is 2.38. The highest BCUT2D eigenvalue weighted by molar-refractivity contribution is 6.14. The van der Waals surface area contributed by atoms with Gasteiger partial charge < -0.3 is 45.0 Å². The molecule has 3 aromatic heterocycles. The van der Waals surface area contributed by atoms with Crippen LogP contribution in [0.4, 0.5) is 14.5 Å². The first-order valence-electron chi connectivity index (χ1n) is 36.6. The molecule has 3 aliphatic rings. The van der Waals surface area contributed by atoms with Crippen LogP contribution >= 0.6 is 0 Å². The van der Waals surface area contributed by atoms with E-state index in [4.69, 9.17) is 61.4 Å². The molecule has 0 bridgehead atoms. The summed E-state index contributed by atoms with van der Waals surface area (Å²) in [5, 5.41) is 16.4. The van der Waals surface area contributed by atoms with Gasteiger partial charge in [0.15, 0.2) is 23.4 Å². The van der Waals surface area contributed by atoms with Crippen LogP contribution in [-0.2, 0) is 47.9 Å². The normalized spacial score (nSPS) is 14.0. The molecule has 562 valence electrons. The fourth-order valence-electron chi connectivity index (χ4n) is 15.3. The van der Waals surface area contributed by atoms with E-state index in [1.165, 1.54) is 19.9 Å². The van der Waals surface area contributed by atoms with Crippen molar-refractivity contribution in [3.05, 3.63) is 218 Å². The first-order valence-corrected chi connectivity index (χ1v) is 36.6. The van der Waals surface area contributed by atoms with E-state index in [0.717, 1.165) is 113 Å². The number of halogens is 2. The third-order valence-electron chi connectivity index (χ3n) is 20.6. The summed E-state index contributed by atoms with van der Waals surface area (Å²) in [5.74, 6) is -1.43. The zero-order valence-electron chi connectivity index (χ0n) is 64.0. The van der Waals surface area contributed by atoms with Crippen LogP contribution in [0.5, 0.6) is 17.2 Å². The second-order valence-corrected chi connectivity index (χ2v) is 30.8. The van der Waals surface area contributed by atoms with Gasteiger partial charge in [-0.1, -0.05) is 37.3 Å². The molecule has 2 amide bonds. The van der Waals surface area contributed by atoms with E-state index in [1.54, 1.807) is 74.9 Å². The number of primary amides is 2. The number of carbonyl (C=O) groups excluding carboxylic acids is 4. The highest BCUT2D eigenvalue weighted by Crippen LogP contribution is 2.51. The van der Waals surface area contributed by atoms with Crippen molar-refractivity contribution in [1.29, 1.82) is 0 Å². The highest BCUT2D eigenvalue weighted by atomic mass is 19.1. The van der Waals surface area contributed by atoms with Crippen LogP contribution in [-0.4, -0.2) is 86.0 Å². The maximum atomic E-state index is 16.0. The monoisotopic (exact) mass is 1480 g/mol. The summed E-state index contributed by atoms with van der Waals surface area (Å²) >= 11 is 0. The molecule has 0 saturated carbocycles. The standard InChI is InChI=1S/C30H29FN2O4.C30H27FN2O3.C30H30N2O5/c1-15-23(28(16(2)34)37-30(3,4)5)25(19-7-6-18(29(32)35)14-21(19)26(15)31)20-8-9-22-24-17(11-13-36-22)10-12-33-27(20)24;1-16-24(29(17(2)34)36-30(3,4)5)26(20-8-7-19(32-6)15-22(20)27(16)31)21-9-10-23-25-18(12-14-35-23)11-13-33-28(21)25;1-5-30(3,4)37-27(29(34)35)23-16(2)14-19-15-18(28(31)33)6-7-20(19)25(23)21-8-9-22-24-17(11-13-36-22)10-12-32-26(21)24/h6-10,12,14,28H,11,13H2,1-5H3,(H2,32,35);7-11,13,15,29H,12,14H2,1-5H3;6-10,12,14-15,27H,5,11,13H2,1-4H3,(H2,31,33)(H,34,35)/t28-;29-;27-/m110/s1. The van der Waals surface area contributed by atoms with Crippen LogP contribution in [0, 0.1) is 39.0 Å². The van der Waals surface area contributed by atoms with Crippen LogP contribution in [0.2, 0.25) is 0 Å². The largest absolute Gasteiger partial charge is 0.493 e. The minimum Gasteiger partial charge on any atom is -0.493 e. The van der Waals surface area contributed by atoms with E-state index in [1.807, 2.05) is 136 Å². The van der Waals surface area contributed by atoms with Crippen LogP contribution in [0.3, 0.4) is 0 Å². The Labute approximate surface area is 635 Å². The molecule has 9 aromatic carbocycles. The van der Waals surface area contributed by atoms with E-state index in [9.17, 15) is 29.1 Å². The lowest BCUT2D eigenvalue weighted by molar-refractivity contribution is -0.162. The minimum absolute atomic E-state index is 0.196. The van der Waals surface area contributed by atoms with Gasteiger partial charge in [-0.05, 0) is 253 Å². The van der Waals surface area contributed by atoms with Gasteiger partial charge in [-0.2, -0.15) is 0 Å². The molecule has 0 fully saturated rings. The van der Waals surface area contributed by atoms with Crippen molar-refractivity contribution >= 4 is 100 Å². The molecule has 15 rings (SSSR count). The number of Topliss-reactive ketones (excluding diaryl/α,β-unsaturated/α-hetero) is 2. The number of carbonyl (C=O) groups is 5. The van der Waals surface area contributed by atoms with Gasteiger partial charge in [0.1, 0.15) is 41.1 Å². The lowest BCUT2D eigenvalue weighted by Gasteiger charge is -2.31. The average Bonchev–Trinajstić information content (AvgIpc) is 0.738. The predicted octanol–water partition coefficient (Wildman–Crippen LogP) is 19.1. The Hall–Kier alpha value is -11.6. The third-order valence-corrected chi connectivity index (χ3v) is 20.6. The number of hydrogen-bond donors (Lipinski definition) is 3. The van der Waals surface area contributed by atoms with Gasteiger partial charge in [-0.15, -0.1) is 0 Å². The number of nitrogens with two attached hydrogens (primary N) is 2. The molecule has 110 heavy (non-hydrogen) atoms. The zero-order valence-corrected chi connectivity index (χ0v) is 64.0. The molecule has 0 aliphatic carbocycles. The summed E-state index contributed by atoms with van der Waals surface area (Å²) < 4.78 is 68.5. The predicted molar refractivity (Wildman–Crippen MR) is 423 cm³/mol. The minimum atomic E-state index is -1.22. The van der Waals surface area contributed by atoms with Gasteiger partial charge in [0, 0.05) is 109 Å². The Balaban J connectivity index is 0.000000145. The van der Waals surface area contributed by atoms with Gasteiger partial charge in [0.2, 0.25) is 11.8 Å². The molecule has 18 nitrogen and oxygen atoms in total. The number of aliphatic carboxylic acids is 1. The van der Waals surface area contributed by atoms with Gasteiger partial charge in [0.25, 0.3) is 0 Å². The van der Waals surface area contributed by atoms with Gasteiger partial charge in [0.05, 0.1) is 59.7 Å². The van der Waals surface area contributed by atoms with E-state index < -0.39 is 64.5 Å². The number of amides is 2. The second-order valence-electron chi connectivity index (χ2n) is 30.8. The number of fused-ring (bicyclic) bond motifs is 3.